The first-order valence-corrected chi connectivity index (χ1v) is 7.73. The summed E-state index contributed by atoms with van der Waals surface area (Å²) in [6, 6.07) is 10.7. The van der Waals surface area contributed by atoms with E-state index in [0.717, 1.165) is 28.2 Å². The molecular weight excluding hydrogens is 304 g/mol. The Kier molecular flexibility index (Phi) is 5.64. The van der Waals surface area contributed by atoms with Crippen LogP contribution in [0.3, 0.4) is 0 Å². The van der Waals surface area contributed by atoms with E-state index in [1.54, 1.807) is 32.4 Å². The third kappa shape index (κ3) is 3.96. The maximum atomic E-state index is 11.0. The molecule has 0 radical (unpaired) electrons. The molecule has 2 aromatic carbocycles. The molecule has 4 nitrogen and oxygen atoms in total. The van der Waals surface area contributed by atoms with E-state index < -0.39 is 5.97 Å². The second-order valence-corrected chi connectivity index (χ2v) is 5.76. The highest BCUT2D eigenvalue weighted by molar-refractivity contribution is 5.88. The smallest absolute Gasteiger partial charge is 0.335 e. The molecule has 0 aliphatic heterocycles. The van der Waals surface area contributed by atoms with E-state index in [1.165, 1.54) is 0 Å². The van der Waals surface area contributed by atoms with Gasteiger partial charge in [0.05, 0.1) is 19.8 Å². The lowest BCUT2D eigenvalue weighted by Gasteiger charge is -2.17. The van der Waals surface area contributed by atoms with Gasteiger partial charge in [0.15, 0.2) is 0 Å². The van der Waals surface area contributed by atoms with Gasteiger partial charge in [-0.2, -0.15) is 0 Å². The number of rotatable bonds is 6. The number of ether oxygens (including phenoxy) is 2. The van der Waals surface area contributed by atoms with Crippen molar-refractivity contribution < 1.29 is 19.4 Å². The lowest BCUT2D eigenvalue weighted by molar-refractivity contribution is 0.0697. The Bertz CT molecular complexity index is 735. The first kappa shape index (κ1) is 17.6. The highest BCUT2D eigenvalue weighted by atomic mass is 16.5. The van der Waals surface area contributed by atoms with Gasteiger partial charge in [0.2, 0.25) is 0 Å². The predicted molar refractivity (Wildman–Crippen MR) is 96.0 cm³/mol. The molecule has 0 amide bonds. The standard InChI is InChI=1S/C20H22O4/c1-13(2)19-17(23-3)11-15(12-18(19)24-4)9-8-14-6-5-7-16(10-14)20(21)22/h5-13H,1-4H3,(H,21,22)/b9-8+. The molecule has 0 aromatic heterocycles. The molecule has 0 fully saturated rings. The summed E-state index contributed by atoms with van der Waals surface area (Å²) in [6.45, 7) is 4.18. The summed E-state index contributed by atoms with van der Waals surface area (Å²) in [7, 11) is 3.29. The van der Waals surface area contributed by atoms with Gasteiger partial charge in [-0.1, -0.05) is 38.1 Å². The molecule has 1 N–H and O–H groups in total. The van der Waals surface area contributed by atoms with Gasteiger partial charge in [-0.05, 0) is 41.3 Å². The number of carbonyl (C=O) groups is 1. The van der Waals surface area contributed by atoms with Crippen LogP contribution in [0.2, 0.25) is 0 Å². The summed E-state index contributed by atoms with van der Waals surface area (Å²) in [5.74, 6) is 0.904. The topological polar surface area (TPSA) is 55.8 Å². The molecule has 0 aliphatic carbocycles. The molecule has 0 saturated carbocycles. The molecule has 0 saturated heterocycles. The average Bonchev–Trinajstić information content (AvgIpc) is 2.58. The van der Waals surface area contributed by atoms with E-state index in [9.17, 15) is 4.79 Å². The molecule has 2 aromatic rings. The van der Waals surface area contributed by atoms with Crippen molar-refractivity contribution >= 4 is 18.1 Å². The van der Waals surface area contributed by atoms with Gasteiger partial charge in [-0.3, -0.25) is 0 Å². The fraction of sp³-hybridized carbons (Fsp3) is 0.250. The molecule has 2 rings (SSSR count). The Hall–Kier alpha value is -2.75. The van der Waals surface area contributed by atoms with E-state index in [4.69, 9.17) is 14.6 Å². The Labute approximate surface area is 142 Å². The van der Waals surface area contributed by atoms with E-state index >= 15 is 0 Å². The van der Waals surface area contributed by atoms with Gasteiger partial charge in [0.25, 0.3) is 0 Å². The van der Waals surface area contributed by atoms with Crippen LogP contribution >= 0.6 is 0 Å². The zero-order chi connectivity index (χ0) is 17.7. The van der Waals surface area contributed by atoms with Gasteiger partial charge < -0.3 is 14.6 Å². The summed E-state index contributed by atoms with van der Waals surface area (Å²) in [4.78, 5) is 11.0. The second kappa shape index (κ2) is 7.68. The zero-order valence-electron chi connectivity index (χ0n) is 14.4. The van der Waals surface area contributed by atoms with Crippen LogP contribution in [0.5, 0.6) is 11.5 Å². The van der Waals surface area contributed by atoms with Crippen molar-refractivity contribution in [1.82, 2.24) is 0 Å². The summed E-state index contributed by atoms with van der Waals surface area (Å²) >= 11 is 0. The average molecular weight is 326 g/mol. The fourth-order valence-corrected chi connectivity index (χ4v) is 2.59. The number of hydrogen-bond acceptors (Lipinski definition) is 3. The minimum absolute atomic E-state index is 0.266. The van der Waals surface area contributed by atoms with Crippen LogP contribution in [0.25, 0.3) is 12.2 Å². The van der Waals surface area contributed by atoms with Gasteiger partial charge in [0, 0.05) is 5.56 Å². The molecule has 0 unspecified atom stereocenters. The molecule has 126 valence electrons. The van der Waals surface area contributed by atoms with Crippen LogP contribution in [0.15, 0.2) is 36.4 Å². The first-order valence-electron chi connectivity index (χ1n) is 7.73. The molecular formula is C20H22O4. The highest BCUT2D eigenvalue weighted by Gasteiger charge is 2.14. The number of carboxylic acid groups (broad SMARTS) is 1. The Balaban J connectivity index is 2.39. The lowest BCUT2D eigenvalue weighted by Crippen LogP contribution is -1.99. The summed E-state index contributed by atoms with van der Waals surface area (Å²) in [6.07, 6.45) is 3.78. The normalized spacial score (nSPS) is 11.0. The van der Waals surface area contributed by atoms with Crippen LogP contribution in [-0.4, -0.2) is 25.3 Å². The van der Waals surface area contributed by atoms with Crippen LogP contribution < -0.4 is 9.47 Å². The van der Waals surface area contributed by atoms with Crippen molar-refractivity contribution in [2.24, 2.45) is 0 Å². The lowest BCUT2D eigenvalue weighted by atomic mass is 9.98. The second-order valence-electron chi connectivity index (χ2n) is 5.76. The van der Waals surface area contributed by atoms with Crippen molar-refractivity contribution in [3.05, 3.63) is 58.7 Å². The van der Waals surface area contributed by atoms with Crippen LogP contribution in [-0.2, 0) is 0 Å². The molecule has 0 spiro atoms. The van der Waals surface area contributed by atoms with E-state index in [1.807, 2.05) is 30.4 Å². The SMILES string of the molecule is COc1cc(/C=C/c2cccc(C(=O)O)c2)cc(OC)c1C(C)C. The molecule has 0 atom stereocenters. The summed E-state index contributed by atoms with van der Waals surface area (Å²) in [5, 5.41) is 9.06. The van der Waals surface area contributed by atoms with E-state index in [-0.39, 0.29) is 11.5 Å². The van der Waals surface area contributed by atoms with Crippen LogP contribution in [0.4, 0.5) is 0 Å². The van der Waals surface area contributed by atoms with Crippen LogP contribution in [0, 0.1) is 0 Å². The first-order chi connectivity index (χ1) is 11.5. The van der Waals surface area contributed by atoms with Gasteiger partial charge in [-0.25, -0.2) is 4.79 Å². The van der Waals surface area contributed by atoms with Crippen molar-refractivity contribution in [1.29, 1.82) is 0 Å². The monoisotopic (exact) mass is 326 g/mol. The van der Waals surface area contributed by atoms with Gasteiger partial charge >= 0.3 is 5.97 Å². The number of carboxylic acids is 1. The minimum Gasteiger partial charge on any atom is -0.496 e. The van der Waals surface area contributed by atoms with Gasteiger partial charge in [0.1, 0.15) is 11.5 Å². The third-order valence-electron chi connectivity index (χ3n) is 3.75. The van der Waals surface area contributed by atoms with Crippen molar-refractivity contribution in [3.8, 4) is 11.5 Å². The fourth-order valence-electron chi connectivity index (χ4n) is 2.59. The summed E-state index contributed by atoms with van der Waals surface area (Å²) in [5.41, 5.74) is 3.04. The number of benzene rings is 2. The Morgan fingerprint density at radius 1 is 1.00 bits per heavy atom. The molecule has 0 bridgehead atoms. The maximum Gasteiger partial charge on any atom is 0.335 e. The largest absolute Gasteiger partial charge is 0.496 e. The van der Waals surface area contributed by atoms with Crippen molar-refractivity contribution in [2.45, 2.75) is 19.8 Å². The van der Waals surface area contributed by atoms with Crippen molar-refractivity contribution in [2.75, 3.05) is 14.2 Å². The third-order valence-corrected chi connectivity index (χ3v) is 3.75. The minimum atomic E-state index is -0.935. The molecule has 0 heterocycles. The number of aromatic carboxylic acids is 1. The highest BCUT2D eigenvalue weighted by Crippen LogP contribution is 2.36. The summed E-state index contributed by atoms with van der Waals surface area (Å²) < 4.78 is 11.0. The van der Waals surface area contributed by atoms with Crippen molar-refractivity contribution in [3.63, 3.8) is 0 Å². The number of methoxy groups -OCH3 is 2. The van der Waals surface area contributed by atoms with E-state index in [0.29, 0.717) is 0 Å². The predicted octanol–water partition coefficient (Wildman–Crippen LogP) is 4.70. The molecule has 4 heteroatoms. The van der Waals surface area contributed by atoms with E-state index in [2.05, 4.69) is 13.8 Å². The maximum absolute atomic E-state index is 11.0. The van der Waals surface area contributed by atoms with Crippen LogP contribution in [0.1, 0.15) is 46.8 Å². The zero-order valence-corrected chi connectivity index (χ0v) is 14.4. The van der Waals surface area contributed by atoms with Gasteiger partial charge in [-0.15, -0.1) is 0 Å². The quantitative estimate of drug-likeness (QED) is 0.782. The Morgan fingerprint density at radius 3 is 2.08 bits per heavy atom. The number of hydrogen-bond donors (Lipinski definition) is 1. The Morgan fingerprint density at radius 2 is 1.58 bits per heavy atom. The molecule has 24 heavy (non-hydrogen) atoms. The molecule has 0 aliphatic rings.